The minimum Gasteiger partial charge on any atom is -0.368 e. The van der Waals surface area contributed by atoms with Crippen LogP contribution < -0.4 is 10.6 Å². The molecule has 1 aromatic carbocycles. The molecule has 0 unspecified atom stereocenters. The van der Waals surface area contributed by atoms with Gasteiger partial charge in [0.15, 0.2) is 11.5 Å². The van der Waals surface area contributed by atoms with Gasteiger partial charge in [-0.2, -0.15) is 9.97 Å². The maximum atomic E-state index is 5.73. The van der Waals surface area contributed by atoms with Gasteiger partial charge in [0.2, 0.25) is 5.95 Å². The van der Waals surface area contributed by atoms with Gasteiger partial charge in [0.1, 0.15) is 5.52 Å². The van der Waals surface area contributed by atoms with E-state index in [0.717, 1.165) is 14.8 Å². The van der Waals surface area contributed by atoms with Gasteiger partial charge in [0, 0.05) is 16.3 Å². The molecule has 0 atom stereocenters. The minimum absolute atomic E-state index is 0.215. The first-order chi connectivity index (χ1) is 9.15. The van der Waals surface area contributed by atoms with Crippen LogP contribution in [0.15, 0.2) is 30.6 Å². The molecule has 0 fully saturated rings. The highest BCUT2D eigenvalue weighted by Crippen LogP contribution is 2.28. The molecule has 96 valence electrons. The summed E-state index contributed by atoms with van der Waals surface area (Å²) in [5.74, 6) is 0.925. The Balaban J connectivity index is 2.15. The number of benzene rings is 1. The van der Waals surface area contributed by atoms with Crippen LogP contribution in [0.1, 0.15) is 0 Å². The molecule has 0 saturated heterocycles. The van der Waals surface area contributed by atoms with Crippen molar-refractivity contribution in [2.24, 2.45) is 0 Å². The Labute approximate surface area is 123 Å². The highest BCUT2D eigenvalue weighted by Gasteiger charge is 2.14. The summed E-state index contributed by atoms with van der Waals surface area (Å²) in [6, 6.07) is 8.13. The summed E-state index contributed by atoms with van der Waals surface area (Å²) in [5, 5.41) is 0. The molecule has 19 heavy (non-hydrogen) atoms. The van der Waals surface area contributed by atoms with Gasteiger partial charge in [-0.25, -0.2) is 4.98 Å². The van der Waals surface area contributed by atoms with Crippen molar-refractivity contribution in [2.45, 2.75) is 0 Å². The predicted molar refractivity (Wildman–Crippen MR) is 83.3 cm³/mol. The number of halogens is 1. The summed E-state index contributed by atoms with van der Waals surface area (Å²) in [6.45, 7) is 0. The fourth-order valence-corrected chi connectivity index (χ4v) is 2.41. The van der Waals surface area contributed by atoms with E-state index in [2.05, 4.69) is 48.6 Å². The van der Waals surface area contributed by atoms with Crippen LogP contribution in [0.3, 0.4) is 0 Å². The van der Waals surface area contributed by atoms with Crippen LogP contribution in [0.4, 0.5) is 17.5 Å². The third-order valence-corrected chi connectivity index (χ3v) is 3.47. The average Bonchev–Trinajstić information content (AvgIpc) is 2.85. The summed E-state index contributed by atoms with van der Waals surface area (Å²) in [4.78, 5) is 17.5. The zero-order chi connectivity index (χ0) is 13.4. The van der Waals surface area contributed by atoms with Crippen molar-refractivity contribution in [3.8, 4) is 0 Å². The van der Waals surface area contributed by atoms with Crippen LogP contribution in [-0.4, -0.2) is 27.0 Å². The van der Waals surface area contributed by atoms with E-state index in [0.29, 0.717) is 11.5 Å². The topological polar surface area (TPSA) is 83.7 Å². The number of aromatic nitrogens is 4. The van der Waals surface area contributed by atoms with E-state index in [1.807, 2.05) is 30.1 Å². The van der Waals surface area contributed by atoms with E-state index in [9.17, 15) is 0 Å². The van der Waals surface area contributed by atoms with Crippen molar-refractivity contribution in [1.82, 2.24) is 19.9 Å². The molecule has 0 aliphatic rings. The lowest BCUT2D eigenvalue weighted by Crippen LogP contribution is -2.13. The number of aromatic amines is 1. The Morgan fingerprint density at radius 2 is 2.16 bits per heavy atom. The lowest BCUT2D eigenvalue weighted by Gasteiger charge is -2.19. The predicted octanol–water partition coefficient (Wildman–Crippen LogP) is 2.31. The molecule has 0 bridgehead atoms. The van der Waals surface area contributed by atoms with Gasteiger partial charge in [0.05, 0.1) is 6.33 Å². The lowest BCUT2D eigenvalue weighted by atomic mass is 10.3. The maximum Gasteiger partial charge on any atom is 0.224 e. The summed E-state index contributed by atoms with van der Waals surface area (Å²) >= 11 is 2.28. The number of H-pyrrole nitrogens is 1. The van der Waals surface area contributed by atoms with E-state index in [4.69, 9.17) is 5.73 Å². The first kappa shape index (κ1) is 12.2. The second-order valence-electron chi connectivity index (χ2n) is 4.05. The molecule has 0 aliphatic carbocycles. The van der Waals surface area contributed by atoms with Crippen molar-refractivity contribution in [3.05, 3.63) is 34.2 Å². The quantitative estimate of drug-likeness (QED) is 0.680. The van der Waals surface area contributed by atoms with E-state index in [1.165, 1.54) is 0 Å². The molecule has 7 heteroatoms. The monoisotopic (exact) mass is 366 g/mol. The number of imidazole rings is 1. The molecule has 0 radical (unpaired) electrons. The molecule has 2 heterocycles. The Kier molecular flexibility index (Phi) is 2.97. The first-order valence-electron chi connectivity index (χ1n) is 5.61. The standard InChI is InChI=1S/C12H11IN6/c1-19(8-4-2-3-7(13)5-8)11-9-10(16-6-15-9)17-12(14)18-11/h2-6H,1H3,(H3,14,15,16,17,18). The number of nitrogen functional groups attached to an aromatic ring is 1. The summed E-state index contributed by atoms with van der Waals surface area (Å²) in [7, 11) is 1.94. The van der Waals surface area contributed by atoms with Crippen LogP contribution >= 0.6 is 22.6 Å². The highest BCUT2D eigenvalue weighted by atomic mass is 127. The van der Waals surface area contributed by atoms with Gasteiger partial charge in [0.25, 0.3) is 0 Å². The van der Waals surface area contributed by atoms with Crippen LogP contribution in [0.2, 0.25) is 0 Å². The molecular weight excluding hydrogens is 355 g/mol. The van der Waals surface area contributed by atoms with Gasteiger partial charge in [-0.05, 0) is 40.8 Å². The fraction of sp³-hybridized carbons (Fsp3) is 0.0833. The van der Waals surface area contributed by atoms with E-state index in [1.54, 1.807) is 6.33 Å². The zero-order valence-corrected chi connectivity index (χ0v) is 12.3. The number of nitrogens with two attached hydrogens (primary N) is 1. The van der Waals surface area contributed by atoms with Crippen molar-refractivity contribution < 1.29 is 0 Å². The Morgan fingerprint density at radius 3 is 2.95 bits per heavy atom. The maximum absolute atomic E-state index is 5.73. The Hall–Kier alpha value is -1.90. The SMILES string of the molecule is CN(c1cccc(I)c1)c1nc(N)nc2nc[nH]c12. The van der Waals surface area contributed by atoms with Gasteiger partial charge in [-0.15, -0.1) is 0 Å². The van der Waals surface area contributed by atoms with Gasteiger partial charge < -0.3 is 15.6 Å². The number of hydrogen-bond donors (Lipinski definition) is 2. The van der Waals surface area contributed by atoms with E-state index >= 15 is 0 Å². The largest absolute Gasteiger partial charge is 0.368 e. The number of nitrogens with zero attached hydrogens (tertiary/aromatic N) is 4. The Morgan fingerprint density at radius 1 is 1.32 bits per heavy atom. The number of rotatable bonds is 2. The molecule has 0 aliphatic heterocycles. The van der Waals surface area contributed by atoms with Crippen LogP contribution in [0, 0.1) is 3.57 Å². The summed E-state index contributed by atoms with van der Waals surface area (Å²) in [6.07, 6.45) is 1.59. The third kappa shape index (κ3) is 2.21. The van der Waals surface area contributed by atoms with Crippen molar-refractivity contribution in [1.29, 1.82) is 0 Å². The second kappa shape index (κ2) is 4.65. The van der Waals surface area contributed by atoms with E-state index < -0.39 is 0 Å². The van der Waals surface area contributed by atoms with Crippen molar-refractivity contribution in [3.63, 3.8) is 0 Å². The number of nitrogens with one attached hydrogen (secondary N) is 1. The molecular formula is C12H11IN6. The van der Waals surface area contributed by atoms with Crippen LogP contribution in [-0.2, 0) is 0 Å². The second-order valence-corrected chi connectivity index (χ2v) is 5.29. The molecule has 3 N–H and O–H groups in total. The Bertz CT molecular complexity index is 738. The van der Waals surface area contributed by atoms with Crippen molar-refractivity contribution >= 4 is 51.2 Å². The molecule has 0 amide bonds. The normalized spacial score (nSPS) is 10.8. The summed E-state index contributed by atoms with van der Waals surface area (Å²) < 4.78 is 1.16. The van der Waals surface area contributed by atoms with Crippen LogP contribution in [0.25, 0.3) is 11.2 Å². The number of hydrogen-bond acceptors (Lipinski definition) is 5. The molecule has 2 aromatic heterocycles. The molecule has 3 rings (SSSR count). The lowest BCUT2D eigenvalue weighted by molar-refractivity contribution is 1.11. The smallest absolute Gasteiger partial charge is 0.224 e. The molecule has 0 spiro atoms. The highest BCUT2D eigenvalue weighted by molar-refractivity contribution is 14.1. The van der Waals surface area contributed by atoms with Gasteiger partial charge in [-0.1, -0.05) is 6.07 Å². The number of fused-ring (bicyclic) bond motifs is 1. The van der Waals surface area contributed by atoms with Gasteiger partial charge >= 0.3 is 0 Å². The van der Waals surface area contributed by atoms with Crippen LogP contribution in [0.5, 0.6) is 0 Å². The fourth-order valence-electron chi connectivity index (χ4n) is 1.88. The minimum atomic E-state index is 0.215. The molecule has 6 nitrogen and oxygen atoms in total. The molecule has 3 aromatic rings. The molecule has 0 saturated carbocycles. The van der Waals surface area contributed by atoms with Crippen molar-refractivity contribution in [2.75, 3.05) is 17.7 Å². The average molecular weight is 366 g/mol. The zero-order valence-electron chi connectivity index (χ0n) is 10.1. The van der Waals surface area contributed by atoms with E-state index in [-0.39, 0.29) is 5.95 Å². The van der Waals surface area contributed by atoms with Gasteiger partial charge in [-0.3, -0.25) is 0 Å². The third-order valence-electron chi connectivity index (χ3n) is 2.80. The number of anilines is 3. The summed E-state index contributed by atoms with van der Waals surface area (Å²) in [5.41, 5.74) is 8.10. The first-order valence-corrected chi connectivity index (χ1v) is 6.69.